The Morgan fingerprint density at radius 3 is 1.24 bits per heavy atom. The van der Waals surface area contributed by atoms with Crippen LogP contribution in [-0.4, -0.2) is 51.6 Å². The van der Waals surface area contributed by atoms with Crippen molar-refractivity contribution < 1.29 is 16.8 Å². The maximum atomic E-state index is 13.1. The molecule has 0 aliphatic heterocycles. The van der Waals surface area contributed by atoms with Gasteiger partial charge in [-0.1, -0.05) is 71.5 Å². The van der Waals surface area contributed by atoms with E-state index in [0.29, 0.717) is 11.1 Å². The van der Waals surface area contributed by atoms with Gasteiger partial charge in [0.25, 0.3) is 0 Å². The lowest BCUT2D eigenvalue weighted by molar-refractivity contribution is 0.466. The number of hydrogen-bond donors (Lipinski definition) is 0. The fourth-order valence-corrected chi connectivity index (χ4v) is 5.87. The predicted octanol–water partition coefficient (Wildman–Crippen LogP) is 4.14. The van der Waals surface area contributed by atoms with Crippen LogP contribution in [0.5, 0.6) is 0 Å². The molecule has 2 aromatic rings. The van der Waals surface area contributed by atoms with Gasteiger partial charge in [0.2, 0.25) is 20.0 Å². The van der Waals surface area contributed by atoms with Crippen molar-refractivity contribution in [3.63, 3.8) is 0 Å². The summed E-state index contributed by atoms with van der Waals surface area (Å²) in [6.45, 7) is 15.0. The monoisotopic (exact) mass is 500 g/mol. The van der Waals surface area contributed by atoms with E-state index in [4.69, 9.17) is 0 Å². The van der Waals surface area contributed by atoms with Crippen LogP contribution >= 0.6 is 0 Å². The van der Waals surface area contributed by atoms with E-state index in [1.807, 2.05) is 13.8 Å². The first-order valence-electron chi connectivity index (χ1n) is 10.7. The maximum Gasteiger partial charge on any atom is 0.244 e. The molecule has 0 aromatic heterocycles. The van der Waals surface area contributed by atoms with Crippen molar-refractivity contribution in [1.29, 1.82) is 0 Å². The third kappa shape index (κ3) is 7.40. The van der Waals surface area contributed by atoms with Crippen molar-refractivity contribution >= 4 is 20.0 Å². The smallest absolute Gasteiger partial charge is 0.207 e. The zero-order valence-electron chi connectivity index (χ0n) is 20.2. The van der Waals surface area contributed by atoms with Crippen LogP contribution in [0, 0.1) is 25.7 Å². The zero-order valence-corrected chi connectivity index (χ0v) is 21.8. The second kappa shape index (κ2) is 11.6. The number of benzene rings is 2. The van der Waals surface area contributed by atoms with E-state index >= 15 is 0 Å². The number of rotatable bonds is 10. The molecule has 0 N–H and O–H groups in total. The predicted molar refractivity (Wildman–Crippen MR) is 137 cm³/mol. The summed E-state index contributed by atoms with van der Waals surface area (Å²) in [4.78, 5) is 0.346. The highest BCUT2D eigenvalue weighted by Gasteiger charge is 2.25. The van der Waals surface area contributed by atoms with E-state index < -0.39 is 20.0 Å². The minimum Gasteiger partial charge on any atom is -0.207 e. The average Bonchev–Trinajstić information content (AvgIpc) is 2.75. The SMILES string of the molecule is C=C(C)CN(CC#CCN(CC(=C)C)S(=O)(=O)c1ccc(C)cc1)S(=O)(=O)c1ccc(C)cc1. The summed E-state index contributed by atoms with van der Waals surface area (Å²) < 4.78 is 55.0. The van der Waals surface area contributed by atoms with Crippen LogP contribution in [0.2, 0.25) is 0 Å². The van der Waals surface area contributed by atoms with Crippen LogP contribution in [0.4, 0.5) is 0 Å². The summed E-state index contributed by atoms with van der Waals surface area (Å²) in [5.74, 6) is 5.67. The topological polar surface area (TPSA) is 74.8 Å². The molecule has 0 saturated carbocycles. The lowest BCUT2D eigenvalue weighted by atomic mass is 10.2. The van der Waals surface area contributed by atoms with Crippen LogP contribution in [-0.2, 0) is 20.0 Å². The van der Waals surface area contributed by atoms with Crippen molar-refractivity contribution in [2.75, 3.05) is 26.2 Å². The van der Waals surface area contributed by atoms with Crippen LogP contribution in [0.25, 0.3) is 0 Å². The van der Waals surface area contributed by atoms with Crippen molar-refractivity contribution in [2.45, 2.75) is 37.5 Å². The van der Waals surface area contributed by atoms with Gasteiger partial charge in [0.1, 0.15) is 0 Å². The molecule has 8 heteroatoms. The molecule has 0 amide bonds. The third-order valence-corrected chi connectivity index (χ3v) is 8.46. The fraction of sp³-hybridized carbons (Fsp3) is 0.308. The maximum absolute atomic E-state index is 13.1. The minimum absolute atomic E-state index is 0.0887. The highest BCUT2D eigenvalue weighted by Crippen LogP contribution is 2.18. The van der Waals surface area contributed by atoms with Gasteiger partial charge in [-0.15, -0.1) is 0 Å². The molecule has 0 fully saturated rings. The Hall–Kier alpha value is -2.70. The van der Waals surface area contributed by atoms with Crippen molar-refractivity contribution in [1.82, 2.24) is 8.61 Å². The molecule has 0 saturated heterocycles. The Morgan fingerprint density at radius 2 is 0.971 bits per heavy atom. The van der Waals surface area contributed by atoms with Crippen LogP contribution in [0.3, 0.4) is 0 Å². The largest absolute Gasteiger partial charge is 0.244 e. The standard InChI is InChI=1S/C26H32N2O4S2/c1-21(2)19-27(33(29,30)25-13-9-23(5)10-14-25)17-7-8-18-28(20-22(3)4)34(31,32)26-15-11-24(6)12-16-26/h9-16H,1,3,17-20H2,2,4-6H3. The Bertz CT molecular complexity index is 1200. The van der Waals surface area contributed by atoms with E-state index in [9.17, 15) is 16.8 Å². The molecule has 0 spiro atoms. The molecule has 0 heterocycles. The summed E-state index contributed by atoms with van der Waals surface area (Å²) in [7, 11) is -7.57. The second-order valence-corrected chi connectivity index (χ2v) is 12.3. The first-order valence-corrected chi connectivity index (χ1v) is 13.6. The van der Waals surface area contributed by atoms with Gasteiger partial charge in [-0.25, -0.2) is 16.8 Å². The van der Waals surface area contributed by atoms with Gasteiger partial charge < -0.3 is 0 Å². The molecule has 0 aliphatic rings. The first kappa shape index (κ1) is 27.5. The van der Waals surface area contributed by atoms with Gasteiger partial charge in [0, 0.05) is 13.1 Å². The summed E-state index contributed by atoms with van der Waals surface area (Å²) in [6.07, 6.45) is 0. The molecule has 0 atom stereocenters. The lowest BCUT2D eigenvalue weighted by Gasteiger charge is -2.21. The van der Waals surface area contributed by atoms with Crippen molar-refractivity contribution in [2.24, 2.45) is 0 Å². The summed E-state index contributed by atoms with van der Waals surface area (Å²) in [5.41, 5.74) is 3.25. The van der Waals surface area contributed by atoms with E-state index in [1.54, 1.807) is 62.4 Å². The molecule has 34 heavy (non-hydrogen) atoms. The van der Waals surface area contributed by atoms with Crippen molar-refractivity contribution in [3.05, 3.63) is 84.0 Å². The molecule has 6 nitrogen and oxygen atoms in total. The Kier molecular flexibility index (Phi) is 9.42. The van der Waals surface area contributed by atoms with Gasteiger partial charge in [-0.3, -0.25) is 0 Å². The minimum atomic E-state index is -3.78. The molecule has 0 radical (unpaired) electrons. The molecule has 0 aliphatic carbocycles. The molecular weight excluding hydrogens is 468 g/mol. The number of nitrogens with zero attached hydrogens (tertiary/aromatic N) is 2. The lowest BCUT2D eigenvalue weighted by Crippen LogP contribution is -2.34. The van der Waals surface area contributed by atoms with Gasteiger partial charge in [-0.05, 0) is 52.0 Å². The molecule has 2 aromatic carbocycles. The van der Waals surface area contributed by atoms with E-state index in [0.717, 1.165) is 11.1 Å². The number of aryl methyl sites for hydroxylation is 2. The quantitative estimate of drug-likeness (QED) is 0.363. The number of hydrogen-bond acceptors (Lipinski definition) is 4. The third-order valence-electron chi connectivity index (χ3n) is 4.85. The van der Waals surface area contributed by atoms with Gasteiger partial charge in [0.15, 0.2) is 0 Å². The van der Waals surface area contributed by atoms with E-state index in [-0.39, 0.29) is 36.0 Å². The second-order valence-electron chi connectivity index (χ2n) is 8.44. The Labute approximate surface area is 204 Å². The molecule has 182 valence electrons. The van der Waals surface area contributed by atoms with Crippen LogP contribution < -0.4 is 0 Å². The Morgan fingerprint density at radius 1 is 0.676 bits per heavy atom. The molecular formula is C26H32N2O4S2. The molecule has 0 bridgehead atoms. The summed E-state index contributed by atoms with van der Waals surface area (Å²) >= 11 is 0. The summed E-state index contributed by atoms with van der Waals surface area (Å²) in [6, 6.07) is 13.2. The van der Waals surface area contributed by atoms with Crippen LogP contribution in [0.15, 0.2) is 82.6 Å². The Balaban J connectivity index is 2.27. The highest BCUT2D eigenvalue weighted by molar-refractivity contribution is 7.89. The van der Waals surface area contributed by atoms with Crippen molar-refractivity contribution in [3.8, 4) is 11.8 Å². The average molecular weight is 501 g/mol. The van der Waals surface area contributed by atoms with E-state index in [2.05, 4.69) is 25.0 Å². The molecule has 2 rings (SSSR count). The fourth-order valence-electron chi connectivity index (χ4n) is 3.06. The van der Waals surface area contributed by atoms with Gasteiger partial charge in [-0.2, -0.15) is 8.61 Å². The highest BCUT2D eigenvalue weighted by atomic mass is 32.2. The zero-order chi connectivity index (χ0) is 25.5. The van der Waals surface area contributed by atoms with E-state index in [1.165, 1.54) is 8.61 Å². The summed E-state index contributed by atoms with van der Waals surface area (Å²) in [5, 5.41) is 0. The van der Waals surface area contributed by atoms with Gasteiger partial charge in [0.05, 0.1) is 22.9 Å². The number of sulfonamides is 2. The first-order chi connectivity index (χ1) is 15.8. The van der Waals surface area contributed by atoms with Gasteiger partial charge >= 0.3 is 0 Å². The normalized spacial score (nSPS) is 11.8. The van der Waals surface area contributed by atoms with Crippen LogP contribution in [0.1, 0.15) is 25.0 Å². The molecule has 0 unspecified atom stereocenters.